The van der Waals surface area contributed by atoms with Crippen LogP contribution in [0.15, 0.2) is 12.1 Å². The minimum Gasteiger partial charge on any atom is -0.507 e. The van der Waals surface area contributed by atoms with Gasteiger partial charge in [0.2, 0.25) is 0 Å². The normalized spacial score (nSPS) is 27.6. The molecule has 0 saturated carbocycles. The SMILES string of the molecule is CCCN1CCC[C@@H]2Cc3c(O)[c]ccc3C[C@H]21. The van der Waals surface area contributed by atoms with Gasteiger partial charge in [0.15, 0.2) is 0 Å². The molecule has 2 aliphatic rings. The van der Waals surface area contributed by atoms with Crippen molar-refractivity contribution in [2.45, 2.75) is 45.1 Å². The van der Waals surface area contributed by atoms with E-state index in [1.807, 2.05) is 6.07 Å². The monoisotopic (exact) mass is 244 g/mol. The van der Waals surface area contributed by atoms with E-state index in [1.54, 1.807) is 0 Å². The van der Waals surface area contributed by atoms with Crippen molar-refractivity contribution in [1.29, 1.82) is 0 Å². The molecule has 1 aromatic carbocycles. The van der Waals surface area contributed by atoms with Crippen LogP contribution in [-0.4, -0.2) is 29.1 Å². The highest BCUT2D eigenvalue weighted by molar-refractivity contribution is 5.41. The second-order valence-corrected chi connectivity index (χ2v) is 5.74. The lowest BCUT2D eigenvalue weighted by Gasteiger charge is -2.44. The molecule has 0 unspecified atom stereocenters. The van der Waals surface area contributed by atoms with Gasteiger partial charge in [0.05, 0.1) is 0 Å². The summed E-state index contributed by atoms with van der Waals surface area (Å²) in [5.74, 6) is 1.12. The van der Waals surface area contributed by atoms with Crippen molar-refractivity contribution in [3.63, 3.8) is 0 Å². The summed E-state index contributed by atoms with van der Waals surface area (Å²) in [5, 5.41) is 9.95. The summed E-state index contributed by atoms with van der Waals surface area (Å²) >= 11 is 0. The van der Waals surface area contributed by atoms with Crippen LogP contribution in [0.5, 0.6) is 5.75 Å². The molecule has 97 valence electrons. The lowest BCUT2D eigenvalue weighted by molar-refractivity contribution is 0.0849. The largest absolute Gasteiger partial charge is 0.507 e. The molecule has 18 heavy (non-hydrogen) atoms. The molecule has 0 amide bonds. The molecule has 1 fully saturated rings. The van der Waals surface area contributed by atoms with Crippen LogP contribution in [0.4, 0.5) is 0 Å². The second kappa shape index (κ2) is 4.93. The number of aromatic hydroxyl groups is 1. The van der Waals surface area contributed by atoms with Gasteiger partial charge in [-0.3, -0.25) is 4.90 Å². The number of phenolic OH excluding ortho intramolecular Hbond substituents is 1. The summed E-state index contributed by atoms with van der Waals surface area (Å²) in [5.41, 5.74) is 2.51. The zero-order valence-corrected chi connectivity index (χ0v) is 11.2. The van der Waals surface area contributed by atoms with Crippen LogP contribution in [0.3, 0.4) is 0 Å². The fraction of sp³-hybridized carbons (Fsp3) is 0.625. The van der Waals surface area contributed by atoms with Crippen LogP contribution in [0.25, 0.3) is 0 Å². The van der Waals surface area contributed by atoms with E-state index in [0.29, 0.717) is 11.8 Å². The summed E-state index contributed by atoms with van der Waals surface area (Å²) in [4.78, 5) is 2.67. The third kappa shape index (κ3) is 2.03. The Kier molecular flexibility index (Phi) is 3.29. The molecule has 0 spiro atoms. The fourth-order valence-electron chi connectivity index (χ4n) is 3.78. The van der Waals surface area contributed by atoms with Crippen molar-refractivity contribution in [3.05, 3.63) is 29.3 Å². The van der Waals surface area contributed by atoms with Gasteiger partial charge in [0, 0.05) is 12.1 Å². The highest BCUT2D eigenvalue weighted by atomic mass is 16.3. The number of benzene rings is 1. The first-order valence-electron chi connectivity index (χ1n) is 7.25. The molecular weight excluding hydrogens is 222 g/mol. The average molecular weight is 244 g/mol. The number of rotatable bonds is 2. The third-order valence-corrected chi connectivity index (χ3v) is 4.62. The molecule has 1 aliphatic heterocycles. The minimum absolute atomic E-state index is 0.388. The first kappa shape index (κ1) is 12.0. The number of piperidine rings is 1. The maximum atomic E-state index is 9.95. The number of hydrogen-bond donors (Lipinski definition) is 1. The maximum Gasteiger partial charge on any atom is 0.127 e. The van der Waals surface area contributed by atoms with E-state index in [0.717, 1.165) is 24.3 Å². The van der Waals surface area contributed by atoms with Gasteiger partial charge < -0.3 is 5.11 Å². The summed E-state index contributed by atoms with van der Waals surface area (Å²) in [6, 6.07) is 7.64. The summed E-state index contributed by atoms with van der Waals surface area (Å²) in [6.45, 7) is 4.75. The Hall–Kier alpha value is -1.02. The Morgan fingerprint density at radius 3 is 3.17 bits per heavy atom. The number of hydrogen-bond acceptors (Lipinski definition) is 2. The molecule has 0 bridgehead atoms. The molecule has 2 heteroatoms. The highest BCUT2D eigenvalue weighted by Crippen LogP contribution is 2.37. The first-order valence-corrected chi connectivity index (χ1v) is 7.25. The van der Waals surface area contributed by atoms with Gasteiger partial charge in [0.1, 0.15) is 5.75 Å². The molecule has 2 atom stereocenters. The Bertz CT molecular complexity index is 427. The smallest absolute Gasteiger partial charge is 0.127 e. The van der Waals surface area contributed by atoms with Crippen LogP contribution in [0.2, 0.25) is 0 Å². The topological polar surface area (TPSA) is 23.5 Å². The van der Waals surface area contributed by atoms with Crippen molar-refractivity contribution in [3.8, 4) is 5.75 Å². The lowest BCUT2D eigenvalue weighted by atomic mass is 9.75. The van der Waals surface area contributed by atoms with Gasteiger partial charge in [-0.25, -0.2) is 0 Å². The highest BCUT2D eigenvalue weighted by Gasteiger charge is 2.35. The Morgan fingerprint density at radius 2 is 2.33 bits per heavy atom. The zero-order chi connectivity index (χ0) is 12.5. The Balaban J connectivity index is 1.88. The van der Waals surface area contributed by atoms with Gasteiger partial charge >= 0.3 is 0 Å². The lowest BCUT2D eigenvalue weighted by Crippen LogP contribution is -2.49. The molecule has 2 nitrogen and oxygen atoms in total. The predicted octanol–water partition coefficient (Wildman–Crippen LogP) is 2.78. The minimum atomic E-state index is 0.388. The van der Waals surface area contributed by atoms with E-state index in [-0.39, 0.29) is 0 Å². The third-order valence-electron chi connectivity index (χ3n) is 4.62. The van der Waals surface area contributed by atoms with Crippen molar-refractivity contribution in [2.75, 3.05) is 13.1 Å². The molecule has 1 heterocycles. The summed E-state index contributed by atoms with van der Waals surface area (Å²) < 4.78 is 0. The quantitative estimate of drug-likeness (QED) is 0.864. The van der Waals surface area contributed by atoms with Crippen molar-refractivity contribution in [2.24, 2.45) is 5.92 Å². The molecule has 0 aromatic heterocycles. The second-order valence-electron chi connectivity index (χ2n) is 5.74. The molecule has 1 N–H and O–H groups in total. The van der Waals surface area contributed by atoms with Crippen molar-refractivity contribution >= 4 is 0 Å². The Morgan fingerprint density at radius 1 is 1.44 bits per heavy atom. The van der Waals surface area contributed by atoms with Gasteiger partial charge in [-0.05, 0) is 62.2 Å². The van der Waals surface area contributed by atoms with E-state index in [9.17, 15) is 5.11 Å². The van der Waals surface area contributed by atoms with Crippen LogP contribution in [0, 0.1) is 12.0 Å². The molecule has 1 saturated heterocycles. The first-order chi connectivity index (χ1) is 8.79. The molecular formula is C16H22NO. The van der Waals surface area contributed by atoms with E-state index >= 15 is 0 Å². The van der Waals surface area contributed by atoms with Gasteiger partial charge in [-0.15, -0.1) is 0 Å². The van der Waals surface area contributed by atoms with E-state index < -0.39 is 0 Å². The standard InChI is InChI=1S/C16H22NO/c1-2-8-17-9-4-6-13-10-14-12(11-15(13)17)5-3-7-16(14)18/h3,5,13,15,18H,2,4,6,8-11H2,1H3/t13-,15-/m1/s1. The summed E-state index contributed by atoms with van der Waals surface area (Å²) in [6.07, 6.45) is 6.03. The van der Waals surface area contributed by atoms with Crippen LogP contribution < -0.4 is 0 Å². The molecule has 1 radical (unpaired) electrons. The van der Waals surface area contributed by atoms with E-state index in [1.165, 1.54) is 37.9 Å². The van der Waals surface area contributed by atoms with E-state index in [4.69, 9.17) is 0 Å². The van der Waals surface area contributed by atoms with Crippen molar-refractivity contribution < 1.29 is 5.11 Å². The van der Waals surface area contributed by atoms with Crippen LogP contribution in [0.1, 0.15) is 37.3 Å². The maximum absolute atomic E-state index is 9.95. The molecule has 1 aliphatic carbocycles. The van der Waals surface area contributed by atoms with E-state index in [2.05, 4.69) is 24.0 Å². The fourth-order valence-corrected chi connectivity index (χ4v) is 3.78. The Labute approximate surface area is 110 Å². The number of likely N-dealkylation sites (tertiary alicyclic amines) is 1. The van der Waals surface area contributed by atoms with Crippen LogP contribution in [-0.2, 0) is 12.8 Å². The number of nitrogens with zero attached hydrogens (tertiary/aromatic N) is 1. The number of phenols is 1. The van der Waals surface area contributed by atoms with Gasteiger partial charge in [-0.1, -0.05) is 19.1 Å². The summed E-state index contributed by atoms with van der Waals surface area (Å²) in [7, 11) is 0. The van der Waals surface area contributed by atoms with Gasteiger partial charge in [-0.2, -0.15) is 0 Å². The van der Waals surface area contributed by atoms with Crippen molar-refractivity contribution in [1.82, 2.24) is 4.90 Å². The molecule has 3 rings (SSSR count). The zero-order valence-electron chi connectivity index (χ0n) is 11.2. The van der Waals surface area contributed by atoms with Gasteiger partial charge in [0.25, 0.3) is 0 Å². The average Bonchev–Trinajstić information content (AvgIpc) is 2.38. The number of fused-ring (bicyclic) bond motifs is 2. The van der Waals surface area contributed by atoms with Crippen LogP contribution >= 0.6 is 0 Å². The molecule has 1 aromatic rings. The predicted molar refractivity (Wildman–Crippen MR) is 72.7 cm³/mol.